The largest absolute Gasteiger partial charge is 0.493 e. The maximum Gasteiger partial charge on any atom is 0.243 e. The Morgan fingerprint density at radius 1 is 1.07 bits per heavy atom. The number of nitrogens with zero attached hydrogens (tertiary/aromatic N) is 1. The molecule has 1 N–H and O–H groups in total. The molecule has 1 atom stereocenters. The molecule has 0 unspecified atom stereocenters. The first kappa shape index (κ1) is 23.5. The third-order valence-corrected chi connectivity index (χ3v) is 5.68. The van der Waals surface area contributed by atoms with Crippen LogP contribution in [0.15, 0.2) is 42.5 Å². The number of anilines is 1. The lowest BCUT2D eigenvalue weighted by Crippen LogP contribution is -2.47. The zero-order chi connectivity index (χ0) is 22.5. The maximum atomic E-state index is 12.7. The molecule has 0 spiro atoms. The summed E-state index contributed by atoms with van der Waals surface area (Å²) in [6, 6.07) is 11.5. The number of carbonyl (C=O) groups is 1. The molecule has 0 aliphatic heterocycles. The minimum atomic E-state index is -3.65. The van der Waals surface area contributed by atoms with Crippen LogP contribution >= 0.6 is 0 Å². The lowest BCUT2D eigenvalue weighted by Gasteiger charge is -2.28. The van der Waals surface area contributed by atoms with Crippen molar-refractivity contribution in [3.05, 3.63) is 53.6 Å². The highest BCUT2D eigenvalue weighted by atomic mass is 32.2. The molecule has 7 nitrogen and oxygen atoms in total. The quantitative estimate of drug-likeness (QED) is 0.655. The number of hydrogen-bond donors (Lipinski definition) is 1. The monoisotopic (exact) mass is 434 g/mol. The average molecular weight is 435 g/mol. The number of rotatable bonds is 9. The van der Waals surface area contributed by atoms with Gasteiger partial charge in [0.25, 0.3) is 0 Å². The number of methoxy groups -OCH3 is 1. The minimum Gasteiger partial charge on any atom is -0.493 e. The first-order valence-corrected chi connectivity index (χ1v) is 11.5. The Hall–Kier alpha value is -2.74. The van der Waals surface area contributed by atoms with E-state index in [-0.39, 0.29) is 12.6 Å². The van der Waals surface area contributed by atoms with E-state index in [4.69, 9.17) is 9.47 Å². The summed E-state index contributed by atoms with van der Waals surface area (Å²) < 4.78 is 36.9. The van der Waals surface area contributed by atoms with E-state index in [9.17, 15) is 13.2 Å². The Kier molecular flexibility index (Phi) is 7.72. The standard InChI is InChI=1S/C22H30N2O5S/c1-15(2)29-20-12-9-18(13-21(20)28-5)14-23-22(25)17(4)24(30(6,26)27)19-10-7-16(3)8-11-19/h7-13,15,17H,14H2,1-6H3,(H,23,25)/t17-/m0/s1. The zero-order valence-corrected chi connectivity index (χ0v) is 19.1. The second-order valence-corrected chi connectivity index (χ2v) is 9.30. The molecule has 0 heterocycles. The number of ether oxygens (including phenoxy) is 2. The van der Waals surface area contributed by atoms with Gasteiger partial charge in [0.15, 0.2) is 11.5 Å². The van der Waals surface area contributed by atoms with Crippen molar-refractivity contribution in [1.82, 2.24) is 5.32 Å². The molecule has 0 aliphatic carbocycles. The van der Waals surface area contributed by atoms with Crippen molar-refractivity contribution in [3.63, 3.8) is 0 Å². The molecule has 164 valence electrons. The Labute approximate surface area is 179 Å². The number of benzene rings is 2. The van der Waals surface area contributed by atoms with Gasteiger partial charge in [0.1, 0.15) is 6.04 Å². The summed E-state index contributed by atoms with van der Waals surface area (Å²) in [4.78, 5) is 12.7. The van der Waals surface area contributed by atoms with Gasteiger partial charge in [-0.15, -0.1) is 0 Å². The van der Waals surface area contributed by atoms with Crippen molar-refractivity contribution in [3.8, 4) is 11.5 Å². The summed E-state index contributed by atoms with van der Waals surface area (Å²) in [5.74, 6) is 0.793. The molecule has 8 heteroatoms. The maximum absolute atomic E-state index is 12.7. The van der Waals surface area contributed by atoms with Gasteiger partial charge < -0.3 is 14.8 Å². The van der Waals surface area contributed by atoms with E-state index >= 15 is 0 Å². The average Bonchev–Trinajstić information content (AvgIpc) is 2.67. The number of hydrogen-bond acceptors (Lipinski definition) is 5. The highest BCUT2D eigenvalue weighted by molar-refractivity contribution is 7.92. The smallest absolute Gasteiger partial charge is 0.243 e. The lowest BCUT2D eigenvalue weighted by molar-refractivity contribution is -0.122. The van der Waals surface area contributed by atoms with E-state index < -0.39 is 22.0 Å². The molecule has 30 heavy (non-hydrogen) atoms. The van der Waals surface area contributed by atoms with E-state index in [0.717, 1.165) is 21.7 Å². The summed E-state index contributed by atoms with van der Waals surface area (Å²) in [7, 11) is -2.10. The van der Waals surface area contributed by atoms with Crippen LogP contribution in [0.1, 0.15) is 31.9 Å². The molecule has 0 saturated heterocycles. The number of aryl methyl sites for hydroxylation is 1. The molecular weight excluding hydrogens is 404 g/mol. The van der Waals surface area contributed by atoms with Gasteiger partial charge in [-0.2, -0.15) is 0 Å². The topological polar surface area (TPSA) is 84.9 Å². The molecular formula is C22H30N2O5S. The van der Waals surface area contributed by atoms with Gasteiger partial charge in [-0.05, 0) is 57.5 Å². The fraction of sp³-hybridized carbons (Fsp3) is 0.409. The summed E-state index contributed by atoms with van der Waals surface area (Å²) in [6.45, 7) is 7.56. The highest BCUT2D eigenvalue weighted by Crippen LogP contribution is 2.29. The Morgan fingerprint density at radius 3 is 2.23 bits per heavy atom. The van der Waals surface area contributed by atoms with Crippen LogP contribution < -0.4 is 19.1 Å². The Bertz CT molecular complexity index is 972. The number of nitrogens with one attached hydrogen (secondary N) is 1. The molecule has 1 amide bonds. The van der Waals surface area contributed by atoms with Crippen molar-refractivity contribution in [2.45, 2.75) is 46.4 Å². The van der Waals surface area contributed by atoms with Crippen molar-refractivity contribution >= 4 is 21.6 Å². The molecule has 2 rings (SSSR count). The van der Waals surface area contributed by atoms with Crippen molar-refractivity contribution in [2.24, 2.45) is 0 Å². The predicted octanol–water partition coefficient (Wildman–Crippen LogP) is 3.26. The van der Waals surface area contributed by atoms with E-state index in [1.165, 1.54) is 0 Å². The number of carbonyl (C=O) groups excluding carboxylic acids is 1. The van der Waals surface area contributed by atoms with Gasteiger partial charge in [0.05, 0.1) is 25.2 Å². The zero-order valence-electron chi connectivity index (χ0n) is 18.3. The molecule has 0 aromatic heterocycles. The lowest BCUT2D eigenvalue weighted by atomic mass is 10.2. The first-order chi connectivity index (χ1) is 14.0. The van der Waals surface area contributed by atoms with E-state index in [1.54, 1.807) is 38.3 Å². The molecule has 2 aromatic carbocycles. The third kappa shape index (κ3) is 6.13. The number of amides is 1. The van der Waals surface area contributed by atoms with Crippen LogP contribution in [0.25, 0.3) is 0 Å². The van der Waals surface area contributed by atoms with Crippen LogP contribution in [0.2, 0.25) is 0 Å². The van der Waals surface area contributed by atoms with Gasteiger partial charge in [-0.25, -0.2) is 8.42 Å². The molecule has 2 aromatic rings. The van der Waals surface area contributed by atoms with Crippen molar-refractivity contribution in [1.29, 1.82) is 0 Å². The van der Waals surface area contributed by atoms with Gasteiger partial charge >= 0.3 is 0 Å². The van der Waals surface area contributed by atoms with Crippen LogP contribution in [0.5, 0.6) is 11.5 Å². The Morgan fingerprint density at radius 2 is 1.70 bits per heavy atom. The third-order valence-electron chi connectivity index (χ3n) is 4.43. The Balaban J connectivity index is 2.15. The van der Waals surface area contributed by atoms with Gasteiger partial charge in [-0.3, -0.25) is 9.10 Å². The van der Waals surface area contributed by atoms with E-state index in [2.05, 4.69) is 5.32 Å². The van der Waals surface area contributed by atoms with Gasteiger partial charge in [-0.1, -0.05) is 23.8 Å². The van der Waals surface area contributed by atoms with Crippen molar-refractivity contribution < 1.29 is 22.7 Å². The summed E-state index contributed by atoms with van der Waals surface area (Å²) in [5, 5.41) is 2.80. The molecule has 0 fully saturated rings. The van der Waals surface area contributed by atoms with Gasteiger partial charge in [0.2, 0.25) is 15.9 Å². The summed E-state index contributed by atoms with van der Waals surface area (Å²) in [6.07, 6.45) is 1.10. The van der Waals surface area contributed by atoms with Crippen LogP contribution in [-0.2, 0) is 21.4 Å². The second-order valence-electron chi connectivity index (χ2n) is 7.44. The molecule has 0 aliphatic rings. The van der Waals surface area contributed by atoms with Crippen LogP contribution in [0.4, 0.5) is 5.69 Å². The van der Waals surface area contributed by atoms with E-state index in [0.29, 0.717) is 17.2 Å². The molecule has 0 radical (unpaired) electrons. The first-order valence-electron chi connectivity index (χ1n) is 9.70. The second kappa shape index (κ2) is 9.84. The van der Waals surface area contributed by atoms with Gasteiger partial charge in [0, 0.05) is 6.54 Å². The van der Waals surface area contributed by atoms with Crippen LogP contribution in [0.3, 0.4) is 0 Å². The predicted molar refractivity (Wildman–Crippen MR) is 119 cm³/mol. The fourth-order valence-corrected chi connectivity index (χ4v) is 4.19. The van der Waals surface area contributed by atoms with E-state index in [1.807, 2.05) is 39.0 Å². The normalized spacial score (nSPS) is 12.4. The highest BCUT2D eigenvalue weighted by Gasteiger charge is 2.28. The molecule has 0 saturated carbocycles. The van der Waals surface area contributed by atoms with Crippen LogP contribution in [0, 0.1) is 6.92 Å². The molecule has 0 bridgehead atoms. The van der Waals surface area contributed by atoms with Crippen molar-refractivity contribution in [2.75, 3.05) is 17.7 Å². The number of sulfonamides is 1. The summed E-state index contributed by atoms with van der Waals surface area (Å²) >= 11 is 0. The SMILES string of the molecule is COc1cc(CNC(=O)[C@H](C)N(c2ccc(C)cc2)S(C)(=O)=O)ccc1OC(C)C. The fourth-order valence-electron chi connectivity index (χ4n) is 3.01. The summed E-state index contributed by atoms with van der Waals surface area (Å²) in [5.41, 5.74) is 2.26. The minimum absolute atomic E-state index is 0.00838. The van der Waals surface area contributed by atoms with Crippen LogP contribution in [-0.4, -0.2) is 39.8 Å².